The summed E-state index contributed by atoms with van der Waals surface area (Å²) in [7, 11) is 0. The molecule has 3 heterocycles. The van der Waals surface area contributed by atoms with Gasteiger partial charge in [-0.15, -0.1) is 11.3 Å². The Bertz CT molecular complexity index is 847. The summed E-state index contributed by atoms with van der Waals surface area (Å²) in [6, 6.07) is 14.5. The van der Waals surface area contributed by atoms with Crippen LogP contribution in [-0.4, -0.2) is 37.8 Å². The van der Waals surface area contributed by atoms with Crippen molar-refractivity contribution in [3.63, 3.8) is 0 Å². The quantitative estimate of drug-likeness (QED) is 0.705. The Hall–Kier alpha value is -2.25. The zero-order valence-electron chi connectivity index (χ0n) is 14.0. The van der Waals surface area contributed by atoms with Gasteiger partial charge in [-0.25, -0.2) is 4.79 Å². The van der Waals surface area contributed by atoms with Crippen molar-refractivity contribution < 1.29 is 0 Å². The van der Waals surface area contributed by atoms with Gasteiger partial charge in [0.05, 0.1) is 0 Å². The molecule has 0 saturated carbocycles. The Morgan fingerprint density at radius 3 is 2.56 bits per heavy atom. The first kappa shape index (κ1) is 16.2. The van der Waals surface area contributed by atoms with Gasteiger partial charge >= 0.3 is 5.69 Å². The molecular weight excluding hydrogens is 334 g/mol. The van der Waals surface area contributed by atoms with E-state index < -0.39 is 0 Å². The number of aromatic nitrogens is 4. The fourth-order valence-corrected chi connectivity index (χ4v) is 4.03. The molecule has 0 atom stereocenters. The lowest BCUT2D eigenvalue weighted by molar-refractivity contribution is 0.138. The number of hydrogen-bond acceptors (Lipinski definition) is 5. The second-order valence-corrected chi connectivity index (χ2v) is 7.44. The van der Waals surface area contributed by atoms with E-state index in [0.717, 1.165) is 43.3 Å². The maximum absolute atomic E-state index is 12.4. The second kappa shape index (κ2) is 7.33. The van der Waals surface area contributed by atoms with E-state index in [1.54, 1.807) is 0 Å². The first-order chi connectivity index (χ1) is 12.3. The largest absolute Gasteiger partial charge is 0.370 e. The highest BCUT2D eigenvalue weighted by molar-refractivity contribution is 7.12. The monoisotopic (exact) mass is 355 g/mol. The van der Waals surface area contributed by atoms with Crippen LogP contribution in [0.3, 0.4) is 0 Å². The average Bonchev–Trinajstić information content (AvgIpc) is 3.28. The molecule has 0 unspecified atom stereocenters. The van der Waals surface area contributed by atoms with Crippen molar-refractivity contribution in [1.82, 2.24) is 24.7 Å². The van der Waals surface area contributed by atoms with E-state index in [2.05, 4.69) is 45.7 Å². The van der Waals surface area contributed by atoms with Gasteiger partial charge in [0.15, 0.2) is 0 Å². The normalized spacial score (nSPS) is 16.3. The van der Waals surface area contributed by atoms with Gasteiger partial charge in [0.2, 0.25) is 0 Å². The highest BCUT2D eigenvalue weighted by atomic mass is 32.1. The zero-order valence-corrected chi connectivity index (χ0v) is 14.8. The van der Waals surface area contributed by atoms with Gasteiger partial charge in [-0.05, 0) is 58.7 Å². The van der Waals surface area contributed by atoms with E-state index in [-0.39, 0.29) is 5.69 Å². The Morgan fingerprint density at radius 2 is 1.84 bits per heavy atom. The molecule has 3 aromatic rings. The van der Waals surface area contributed by atoms with Crippen molar-refractivity contribution in [2.45, 2.75) is 25.9 Å². The van der Waals surface area contributed by atoms with E-state index in [4.69, 9.17) is 0 Å². The first-order valence-corrected chi connectivity index (χ1v) is 9.50. The van der Waals surface area contributed by atoms with Crippen LogP contribution in [0, 0.1) is 5.92 Å². The van der Waals surface area contributed by atoms with Crippen molar-refractivity contribution in [2.24, 2.45) is 5.92 Å². The fraction of sp³-hybridized carbons (Fsp3) is 0.389. The summed E-state index contributed by atoms with van der Waals surface area (Å²) in [5.74, 6) is 0.720. The number of nitrogens with zero attached hydrogens (tertiary/aromatic N) is 5. The molecule has 1 fully saturated rings. The lowest BCUT2D eigenvalue weighted by Gasteiger charge is -2.31. The summed E-state index contributed by atoms with van der Waals surface area (Å²) in [6.45, 7) is 2.51. The van der Waals surface area contributed by atoms with E-state index in [1.165, 1.54) is 26.3 Å². The van der Waals surface area contributed by atoms with Crippen molar-refractivity contribution in [3.8, 4) is 5.00 Å². The molecule has 130 valence electrons. The number of hydrogen-bond donors (Lipinski definition) is 0. The smallest absolute Gasteiger partial charge is 0.284 e. The maximum Gasteiger partial charge on any atom is 0.370 e. The summed E-state index contributed by atoms with van der Waals surface area (Å²) in [4.78, 5) is 14.7. The predicted octanol–water partition coefficient (Wildman–Crippen LogP) is 2.40. The van der Waals surface area contributed by atoms with E-state index >= 15 is 0 Å². The van der Waals surface area contributed by atoms with Gasteiger partial charge in [0.1, 0.15) is 11.7 Å². The summed E-state index contributed by atoms with van der Waals surface area (Å²) >= 11 is 1.48. The number of tetrazole rings is 1. The summed E-state index contributed by atoms with van der Waals surface area (Å²) in [5, 5.41) is 10.8. The first-order valence-electron chi connectivity index (χ1n) is 8.62. The lowest BCUT2D eigenvalue weighted by atomic mass is 9.90. The Morgan fingerprint density at radius 1 is 1.04 bits per heavy atom. The molecule has 6 nitrogen and oxygen atoms in total. The van der Waals surface area contributed by atoms with Crippen molar-refractivity contribution in [1.29, 1.82) is 0 Å². The molecular formula is C18H21N5OS. The number of piperidine rings is 1. The number of thiophene rings is 1. The third kappa shape index (κ3) is 3.72. The van der Waals surface area contributed by atoms with Crippen LogP contribution in [0.2, 0.25) is 0 Å². The van der Waals surface area contributed by atoms with Crippen LogP contribution < -0.4 is 5.69 Å². The van der Waals surface area contributed by atoms with E-state index in [9.17, 15) is 4.79 Å². The third-order valence-electron chi connectivity index (χ3n) is 4.76. The summed E-state index contributed by atoms with van der Waals surface area (Å²) in [5.41, 5.74) is 1.24. The number of benzene rings is 1. The highest BCUT2D eigenvalue weighted by Gasteiger charge is 2.21. The minimum atomic E-state index is -0.172. The topological polar surface area (TPSA) is 56.0 Å². The van der Waals surface area contributed by atoms with Crippen LogP contribution in [0.25, 0.3) is 5.00 Å². The molecule has 7 heteroatoms. The standard InChI is InChI=1S/C18H21N5OS/c24-18-22(19-20-23(18)17-7-4-12-25-17)14-21-10-8-16(9-11-21)13-15-5-2-1-3-6-15/h1-7,12,16H,8-11,13-14H2. The molecule has 0 spiro atoms. The van der Waals surface area contributed by atoms with Crippen molar-refractivity contribution in [3.05, 3.63) is 63.9 Å². The van der Waals surface area contributed by atoms with Gasteiger partial charge in [-0.1, -0.05) is 30.3 Å². The minimum absolute atomic E-state index is 0.172. The molecule has 0 bridgehead atoms. The molecule has 1 aliphatic rings. The highest BCUT2D eigenvalue weighted by Crippen LogP contribution is 2.21. The van der Waals surface area contributed by atoms with E-state index in [1.807, 2.05) is 17.5 Å². The lowest BCUT2D eigenvalue weighted by Crippen LogP contribution is -2.39. The van der Waals surface area contributed by atoms with Crippen LogP contribution in [0.15, 0.2) is 52.6 Å². The SMILES string of the molecule is O=c1n(CN2CCC(Cc3ccccc3)CC2)nnn1-c1cccs1. The molecule has 1 saturated heterocycles. The van der Waals surface area contributed by atoms with Crippen molar-refractivity contribution >= 4 is 11.3 Å². The number of likely N-dealkylation sites (tertiary alicyclic amines) is 1. The van der Waals surface area contributed by atoms with Crippen LogP contribution in [-0.2, 0) is 13.1 Å². The summed E-state index contributed by atoms with van der Waals surface area (Å²) < 4.78 is 2.82. The molecule has 0 radical (unpaired) electrons. The van der Waals surface area contributed by atoms with Crippen LogP contribution in [0.5, 0.6) is 0 Å². The van der Waals surface area contributed by atoms with Gasteiger partial charge in [-0.3, -0.25) is 4.90 Å². The Balaban J connectivity index is 1.34. The van der Waals surface area contributed by atoms with Gasteiger partial charge in [-0.2, -0.15) is 9.36 Å². The molecule has 1 aromatic carbocycles. The fourth-order valence-electron chi connectivity index (χ4n) is 3.36. The van der Waals surface area contributed by atoms with Gasteiger partial charge in [0.25, 0.3) is 0 Å². The molecule has 2 aromatic heterocycles. The molecule has 0 amide bonds. The third-order valence-corrected chi connectivity index (χ3v) is 5.61. The van der Waals surface area contributed by atoms with Crippen LogP contribution in [0.4, 0.5) is 0 Å². The van der Waals surface area contributed by atoms with Gasteiger partial charge < -0.3 is 0 Å². The number of rotatable bonds is 5. The Labute approximate surface area is 150 Å². The molecule has 0 aliphatic carbocycles. The minimum Gasteiger partial charge on any atom is -0.284 e. The molecule has 25 heavy (non-hydrogen) atoms. The van der Waals surface area contributed by atoms with E-state index in [0.29, 0.717) is 6.67 Å². The Kier molecular flexibility index (Phi) is 4.76. The molecule has 1 aliphatic heterocycles. The summed E-state index contributed by atoms with van der Waals surface area (Å²) in [6.07, 6.45) is 3.45. The predicted molar refractivity (Wildman–Crippen MR) is 97.9 cm³/mol. The second-order valence-electron chi connectivity index (χ2n) is 6.52. The average molecular weight is 355 g/mol. The molecule has 4 rings (SSSR count). The van der Waals surface area contributed by atoms with Crippen LogP contribution in [0.1, 0.15) is 18.4 Å². The molecule has 0 N–H and O–H groups in total. The van der Waals surface area contributed by atoms with Crippen LogP contribution >= 0.6 is 11.3 Å². The van der Waals surface area contributed by atoms with Gasteiger partial charge in [0, 0.05) is 13.1 Å². The maximum atomic E-state index is 12.4. The van der Waals surface area contributed by atoms with Crippen molar-refractivity contribution in [2.75, 3.05) is 13.1 Å². The zero-order chi connectivity index (χ0) is 17.1.